The number of aromatic nitrogens is 6. The molecule has 17 rings (SSSR count). The number of H-pyrrole nitrogens is 3. The zero-order chi connectivity index (χ0) is 71.2. The van der Waals surface area contributed by atoms with Crippen molar-refractivity contribution in [2.75, 3.05) is 120 Å². The molecule has 7 saturated heterocycles. The molecule has 8 aliphatic rings. The molecular formula is C74H77Cl2F3N10O14. The van der Waals surface area contributed by atoms with Gasteiger partial charge >= 0.3 is 5.97 Å². The summed E-state index contributed by atoms with van der Waals surface area (Å²) in [5.41, 5.74) is 7.79. The van der Waals surface area contributed by atoms with Crippen LogP contribution in [0.1, 0.15) is 45.1 Å². The maximum Gasteiger partial charge on any atom is 0.309 e. The Morgan fingerprint density at radius 3 is 1.52 bits per heavy atom. The van der Waals surface area contributed by atoms with Gasteiger partial charge in [0.05, 0.1) is 126 Å². The predicted molar refractivity (Wildman–Crippen MR) is 376 cm³/mol. The fourth-order valence-corrected chi connectivity index (χ4v) is 15.3. The third kappa shape index (κ3) is 14.6. The largest absolute Gasteiger partial charge is 0.481 e. The highest BCUT2D eigenvalue weighted by Gasteiger charge is 2.50. The van der Waals surface area contributed by atoms with Gasteiger partial charge in [0.1, 0.15) is 77.2 Å². The van der Waals surface area contributed by atoms with E-state index < -0.39 is 82.8 Å². The van der Waals surface area contributed by atoms with Gasteiger partial charge in [-0.25, -0.2) is 28.1 Å². The van der Waals surface area contributed by atoms with Gasteiger partial charge < -0.3 is 92.3 Å². The number of benzene rings is 3. The quantitative estimate of drug-likeness (QED) is 0.0590. The molecule has 0 amide bonds. The lowest BCUT2D eigenvalue weighted by molar-refractivity contribution is -0.151. The number of carboxylic acids is 1. The number of hydrogen-bond donors (Lipinski definition) is 6. The summed E-state index contributed by atoms with van der Waals surface area (Å²) in [5.74, 6) is -1.99. The Labute approximate surface area is 599 Å². The first-order chi connectivity index (χ1) is 49.9. The van der Waals surface area contributed by atoms with Crippen molar-refractivity contribution in [3.05, 3.63) is 124 Å². The molecule has 0 spiro atoms. The molecule has 24 nitrogen and oxygen atoms in total. The average Bonchev–Trinajstić information content (AvgIpc) is 1.70. The fraction of sp³-hybridized carbons (Fsp3) is 0.446. The number of nitrogens with zero attached hydrogens (tertiary/aromatic N) is 7. The molecule has 29 heteroatoms. The molecule has 6 aromatic heterocycles. The molecular weight excluding hydrogens is 1380 g/mol. The average molecular weight is 1460 g/mol. The number of rotatable bonds is 14. The van der Waals surface area contributed by atoms with E-state index in [0.29, 0.717) is 81.6 Å². The molecule has 7 aliphatic heterocycles. The number of anilines is 3. The molecule has 1 aliphatic carbocycles. The van der Waals surface area contributed by atoms with Crippen LogP contribution in [0.2, 0.25) is 10.0 Å². The Hall–Kier alpha value is -8.50. The number of fused-ring (bicyclic) bond motifs is 5. The highest BCUT2D eigenvalue weighted by molar-refractivity contribution is 6.34. The van der Waals surface area contributed by atoms with Crippen molar-refractivity contribution < 1.29 is 80.7 Å². The Morgan fingerprint density at radius 1 is 0.553 bits per heavy atom. The summed E-state index contributed by atoms with van der Waals surface area (Å²) in [6.45, 7) is 12.9. The van der Waals surface area contributed by atoms with Crippen molar-refractivity contribution in [3.8, 4) is 57.5 Å². The lowest BCUT2D eigenvalue weighted by Crippen LogP contribution is -2.37. The first-order valence-corrected chi connectivity index (χ1v) is 35.4. The first kappa shape index (κ1) is 70.2. The minimum Gasteiger partial charge on any atom is -0.481 e. The van der Waals surface area contributed by atoms with E-state index in [1.807, 2.05) is 55.1 Å². The number of carbonyl (C=O) groups is 1. The number of ether oxygens (including phenoxy) is 10. The van der Waals surface area contributed by atoms with Crippen LogP contribution in [0.3, 0.4) is 0 Å². The van der Waals surface area contributed by atoms with Gasteiger partial charge in [0.15, 0.2) is 29.8 Å². The summed E-state index contributed by atoms with van der Waals surface area (Å²) in [6.07, 6.45) is -0.538. The SMILES string of the molecule is CC(C)(C(=O)O)C1CCC(Oc2cc3nc(-c4ccc(N5CCOCC5)cc4)c(Cl)cc3[nH]2)CC1.N#Cc1c(O[C@@H]2CO[C@H]3[C@@H]2OC[C@H]3O)[nH]c2cc(Cl)c(-c3ccc(N4CCOCC4)cc3)nc12.O[C@@H]1CO[C@H]2[C@@H]1OC[C@H]2Oc1cc2nc(-c3c(F)cc(N4CCOCC4)cc3F)c(F)cc2[nH]1. The van der Waals surface area contributed by atoms with Gasteiger partial charge in [0, 0.05) is 85.7 Å². The minimum absolute atomic E-state index is 0.0616. The van der Waals surface area contributed by atoms with Crippen LogP contribution in [0, 0.1) is 40.1 Å². The molecule has 1 saturated carbocycles. The highest BCUT2D eigenvalue weighted by atomic mass is 35.5. The maximum absolute atomic E-state index is 15.0. The van der Waals surface area contributed by atoms with Crippen LogP contribution in [-0.4, -0.2) is 211 Å². The Bertz CT molecular complexity index is 4570. The van der Waals surface area contributed by atoms with Gasteiger partial charge in [-0.15, -0.1) is 0 Å². The van der Waals surface area contributed by atoms with Crippen molar-refractivity contribution in [2.24, 2.45) is 11.3 Å². The first-order valence-electron chi connectivity index (χ1n) is 34.7. The number of nitriles is 1. The van der Waals surface area contributed by atoms with Gasteiger partial charge in [-0.2, -0.15) is 5.26 Å². The van der Waals surface area contributed by atoms with Crippen LogP contribution < -0.4 is 28.9 Å². The van der Waals surface area contributed by atoms with Gasteiger partial charge in [-0.05, 0) is 94.0 Å². The molecule has 8 fully saturated rings. The topological polar surface area (TPSA) is 290 Å². The summed E-state index contributed by atoms with van der Waals surface area (Å²) < 4.78 is 102. The molecule has 0 radical (unpaired) electrons. The van der Waals surface area contributed by atoms with Crippen LogP contribution in [-0.2, 0) is 38.0 Å². The number of aliphatic hydroxyl groups excluding tert-OH is 2. The van der Waals surface area contributed by atoms with Crippen molar-refractivity contribution in [1.82, 2.24) is 29.9 Å². The van der Waals surface area contributed by atoms with Crippen LogP contribution >= 0.6 is 23.2 Å². The van der Waals surface area contributed by atoms with Crippen molar-refractivity contribution in [1.29, 1.82) is 5.26 Å². The lowest BCUT2D eigenvalue weighted by atomic mass is 9.70. The van der Waals surface area contributed by atoms with Crippen LogP contribution in [0.15, 0.2) is 91.0 Å². The molecule has 13 heterocycles. The number of aliphatic carboxylic acids is 1. The highest BCUT2D eigenvalue weighted by Crippen LogP contribution is 2.43. The monoisotopic (exact) mass is 1460 g/mol. The number of hydrogen-bond acceptors (Lipinski definition) is 20. The van der Waals surface area contributed by atoms with Crippen LogP contribution in [0.25, 0.3) is 66.9 Å². The number of carboxylic acid groups (broad SMARTS) is 1. The van der Waals surface area contributed by atoms with Crippen molar-refractivity contribution >= 4 is 79.3 Å². The third-order valence-corrected chi connectivity index (χ3v) is 21.2. The van der Waals surface area contributed by atoms with E-state index in [-0.39, 0.29) is 56.0 Å². The van der Waals surface area contributed by atoms with E-state index in [1.54, 1.807) is 6.07 Å². The molecule has 0 bridgehead atoms. The summed E-state index contributed by atoms with van der Waals surface area (Å²) in [7, 11) is 0. The molecule has 8 atom stereocenters. The lowest BCUT2D eigenvalue weighted by Gasteiger charge is -2.36. The zero-order valence-corrected chi connectivity index (χ0v) is 57.9. The third-order valence-electron chi connectivity index (χ3n) is 20.6. The van der Waals surface area contributed by atoms with Crippen LogP contribution in [0.4, 0.5) is 30.2 Å². The van der Waals surface area contributed by atoms with Crippen molar-refractivity contribution in [2.45, 2.75) is 94.5 Å². The van der Waals surface area contributed by atoms with Gasteiger partial charge in [0.25, 0.3) is 0 Å². The summed E-state index contributed by atoms with van der Waals surface area (Å²) in [6, 6.07) is 29.2. The second-order valence-electron chi connectivity index (χ2n) is 27.4. The van der Waals surface area contributed by atoms with E-state index in [1.165, 1.54) is 23.9 Å². The second kappa shape index (κ2) is 29.9. The van der Waals surface area contributed by atoms with E-state index in [2.05, 4.69) is 60.1 Å². The summed E-state index contributed by atoms with van der Waals surface area (Å²) in [5, 5.41) is 40.3. The number of aromatic amines is 3. The van der Waals surface area contributed by atoms with Crippen molar-refractivity contribution in [3.63, 3.8) is 0 Å². The van der Waals surface area contributed by atoms with E-state index in [9.17, 15) is 38.5 Å². The van der Waals surface area contributed by atoms with Gasteiger partial charge in [-0.3, -0.25) is 4.79 Å². The fourth-order valence-electron chi connectivity index (χ4n) is 14.7. The predicted octanol–water partition coefficient (Wildman–Crippen LogP) is 10.7. The number of aliphatic hydroxyl groups is 2. The van der Waals surface area contributed by atoms with E-state index in [4.69, 9.17) is 80.5 Å². The molecule has 103 heavy (non-hydrogen) atoms. The van der Waals surface area contributed by atoms with Gasteiger partial charge in [-0.1, -0.05) is 47.5 Å². The number of nitrogens with one attached hydrogen (secondary N) is 3. The molecule has 6 N–H and O–H groups in total. The number of morpholine rings is 3. The minimum atomic E-state index is -0.898. The Morgan fingerprint density at radius 2 is 1.01 bits per heavy atom. The smallest absolute Gasteiger partial charge is 0.309 e. The summed E-state index contributed by atoms with van der Waals surface area (Å²) >= 11 is 13.2. The Balaban J connectivity index is 0.000000125. The summed E-state index contributed by atoms with van der Waals surface area (Å²) in [4.78, 5) is 41.0. The molecule has 3 aromatic carbocycles. The molecule has 542 valence electrons. The number of pyridine rings is 3. The van der Waals surface area contributed by atoms with Gasteiger partial charge in [0.2, 0.25) is 5.88 Å². The zero-order valence-electron chi connectivity index (χ0n) is 56.4. The Kier molecular flexibility index (Phi) is 20.4. The van der Waals surface area contributed by atoms with Crippen LogP contribution in [0.5, 0.6) is 17.6 Å². The van der Waals surface area contributed by atoms with E-state index in [0.717, 1.165) is 118 Å². The standard InChI is InChI=1S/C27H32ClN3O4.C24H23ClN4O5.C23H22F3N3O5/c1-27(2,26(32)33)18-5-9-20(10-6-18)35-24-16-23-22(29-24)15-21(28)25(30-23)17-3-7-19(8-4-17)31-11-13-34-14-12-31;25-16-9-17-21(28-20(16)13-1-3-14(4-2-13)29-5-7-31-8-6-29)15(10-26)24(27-17)34-19-12-33-22-18(30)11-32-23(19)22;24-12-5-11(29-1-3-31-4-2-29)6-13(25)20(12)21-14(26)7-15-16(28-21)8-19(27-15)34-18-10-33-22-17(30)9-32-23(18)22/h3-4,7-8,15-16,18,20,29H,5-6,9-14H2,1-2H3,(H,32,33);1-4,9,18-19,22-23,27,30H,5-8,11-12H2;5-8,17-18,22-23,27,30H,1-4,9-10H2/t;18-,19-,22-,23-;17-,18-,22-,23-/m.11/s1. The normalized spacial score (nSPS) is 24.9. The van der Waals surface area contributed by atoms with E-state index >= 15 is 0 Å². The maximum atomic E-state index is 15.0. The molecule has 9 aromatic rings. The number of halogens is 5. The second-order valence-corrected chi connectivity index (χ2v) is 28.2. The molecule has 0 unspecified atom stereocenters.